The largest absolute Gasteiger partial charge is 0.409 e. The van der Waals surface area contributed by atoms with Crippen LogP contribution in [-0.4, -0.2) is 35.8 Å². The van der Waals surface area contributed by atoms with Gasteiger partial charge in [0, 0.05) is 31.5 Å². The molecule has 78 valence electrons. The topological polar surface area (TPSA) is 90.9 Å². The number of oxime groups is 1. The molecule has 0 aromatic carbocycles. The van der Waals surface area contributed by atoms with E-state index in [1.165, 1.54) is 0 Å². The van der Waals surface area contributed by atoms with E-state index < -0.39 is 0 Å². The SMILES string of the molecule is CC(C)(CO)CNCCC(N)=NO. The second kappa shape index (κ2) is 5.77. The molecule has 0 amide bonds. The molecule has 13 heavy (non-hydrogen) atoms. The van der Waals surface area contributed by atoms with E-state index in [-0.39, 0.29) is 17.9 Å². The minimum atomic E-state index is -0.120. The van der Waals surface area contributed by atoms with Crippen LogP contribution in [0.5, 0.6) is 0 Å². The highest BCUT2D eigenvalue weighted by molar-refractivity contribution is 5.79. The summed E-state index contributed by atoms with van der Waals surface area (Å²) in [6.07, 6.45) is 0.512. The highest BCUT2D eigenvalue weighted by Crippen LogP contribution is 2.10. The lowest BCUT2D eigenvalue weighted by Crippen LogP contribution is -2.34. The number of aliphatic hydroxyl groups is 1. The minimum absolute atomic E-state index is 0.120. The molecule has 0 unspecified atom stereocenters. The van der Waals surface area contributed by atoms with Crippen LogP contribution in [0.4, 0.5) is 0 Å². The summed E-state index contributed by atoms with van der Waals surface area (Å²) in [4.78, 5) is 0. The minimum Gasteiger partial charge on any atom is -0.409 e. The van der Waals surface area contributed by atoms with Crippen molar-refractivity contribution in [3.63, 3.8) is 0 Å². The van der Waals surface area contributed by atoms with E-state index in [0.29, 0.717) is 19.5 Å². The van der Waals surface area contributed by atoms with E-state index in [2.05, 4.69) is 10.5 Å². The van der Waals surface area contributed by atoms with Gasteiger partial charge in [-0.3, -0.25) is 0 Å². The predicted molar refractivity (Wildman–Crippen MR) is 51.8 cm³/mol. The Bertz CT molecular complexity index is 169. The van der Waals surface area contributed by atoms with Gasteiger partial charge in [0.05, 0.1) is 0 Å². The van der Waals surface area contributed by atoms with Crippen molar-refractivity contribution >= 4 is 5.84 Å². The Balaban J connectivity index is 3.46. The van der Waals surface area contributed by atoms with Crippen LogP contribution in [-0.2, 0) is 0 Å². The molecule has 0 aliphatic heterocycles. The summed E-state index contributed by atoms with van der Waals surface area (Å²) in [6, 6.07) is 0. The molecular weight excluding hydrogens is 170 g/mol. The molecule has 0 radical (unpaired) electrons. The number of nitrogens with one attached hydrogen (secondary N) is 1. The van der Waals surface area contributed by atoms with Gasteiger partial charge in [0.25, 0.3) is 0 Å². The normalized spacial score (nSPS) is 13.3. The molecule has 0 rings (SSSR count). The molecule has 0 bridgehead atoms. The van der Waals surface area contributed by atoms with Gasteiger partial charge in [-0.1, -0.05) is 19.0 Å². The number of nitrogens with two attached hydrogens (primary N) is 1. The number of amidine groups is 1. The lowest BCUT2D eigenvalue weighted by Gasteiger charge is -2.21. The standard InChI is InChI=1S/C8H19N3O2/c1-8(2,6-12)5-10-4-3-7(9)11-13/h10,12-13H,3-6H2,1-2H3,(H2,9,11). The Morgan fingerprint density at radius 3 is 2.62 bits per heavy atom. The van der Waals surface area contributed by atoms with Crippen molar-refractivity contribution in [1.29, 1.82) is 0 Å². The molecule has 0 heterocycles. The molecule has 0 atom stereocenters. The molecule has 0 fully saturated rings. The number of rotatable bonds is 6. The fourth-order valence-electron chi connectivity index (χ4n) is 0.749. The predicted octanol–water partition coefficient (Wildman–Crippen LogP) is -0.269. The molecule has 5 heteroatoms. The Morgan fingerprint density at radius 1 is 1.54 bits per heavy atom. The van der Waals surface area contributed by atoms with Crippen molar-refractivity contribution in [2.45, 2.75) is 20.3 Å². The maximum Gasteiger partial charge on any atom is 0.140 e. The van der Waals surface area contributed by atoms with E-state index in [9.17, 15) is 0 Å². The molecule has 0 saturated carbocycles. The maximum absolute atomic E-state index is 8.92. The van der Waals surface area contributed by atoms with Crippen molar-refractivity contribution in [2.24, 2.45) is 16.3 Å². The first-order valence-electron chi connectivity index (χ1n) is 4.30. The average molecular weight is 189 g/mol. The Kier molecular flexibility index (Phi) is 5.41. The summed E-state index contributed by atoms with van der Waals surface area (Å²) in [5.41, 5.74) is 5.15. The Labute approximate surface area is 78.6 Å². The highest BCUT2D eigenvalue weighted by Gasteiger charge is 2.14. The third kappa shape index (κ3) is 6.36. The summed E-state index contributed by atoms with van der Waals surface area (Å²) < 4.78 is 0. The van der Waals surface area contributed by atoms with E-state index in [0.717, 1.165) is 0 Å². The van der Waals surface area contributed by atoms with E-state index in [1.54, 1.807) is 0 Å². The zero-order chi connectivity index (χ0) is 10.3. The summed E-state index contributed by atoms with van der Waals surface area (Å²) in [5, 5.41) is 23.1. The molecule has 0 aliphatic rings. The van der Waals surface area contributed by atoms with Crippen molar-refractivity contribution in [3.8, 4) is 0 Å². The molecular formula is C8H19N3O2. The van der Waals surface area contributed by atoms with Crippen molar-refractivity contribution in [3.05, 3.63) is 0 Å². The molecule has 0 aliphatic carbocycles. The van der Waals surface area contributed by atoms with E-state index in [1.807, 2.05) is 13.8 Å². The summed E-state index contributed by atoms with van der Waals surface area (Å²) >= 11 is 0. The van der Waals surface area contributed by atoms with Gasteiger partial charge in [0.2, 0.25) is 0 Å². The Hall–Kier alpha value is -0.810. The fraction of sp³-hybridized carbons (Fsp3) is 0.875. The zero-order valence-corrected chi connectivity index (χ0v) is 8.25. The van der Waals surface area contributed by atoms with Gasteiger partial charge in [-0.2, -0.15) is 0 Å². The second-order valence-corrected chi connectivity index (χ2v) is 3.84. The Morgan fingerprint density at radius 2 is 2.15 bits per heavy atom. The van der Waals surface area contributed by atoms with Crippen LogP contribution in [0.1, 0.15) is 20.3 Å². The number of nitrogens with zero attached hydrogens (tertiary/aromatic N) is 1. The first-order valence-corrected chi connectivity index (χ1v) is 4.30. The van der Waals surface area contributed by atoms with Crippen LogP contribution in [0.2, 0.25) is 0 Å². The lowest BCUT2D eigenvalue weighted by molar-refractivity contribution is 0.157. The highest BCUT2D eigenvalue weighted by atomic mass is 16.4. The van der Waals surface area contributed by atoms with Gasteiger partial charge in [-0.25, -0.2) is 0 Å². The van der Waals surface area contributed by atoms with Gasteiger partial charge in [-0.15, -0.1) is 0 Å². The van der Waals surface area contributed by atoms with Crippen LogP contribution in [0.25, 0.3) is 0 Å². The van der Waals surface area contributed by atoms with Crippen molar-refractivity contribution in [2.75, 3.05) is 19.7 Å². The quantitative estimate of drug-likeness (QED) is 0.152. The third-order valence-corrected chi connectivity index (χ3v) is 1.72. The first kappa shape index (κ1) is 12.2. The summed E-state index contributed by atoms with van der Waals surface area (Å²) in [6.45, 7) is 5.43. The molecule has 5 nitrogen and oxygen atoms in total. The van der Waals surface area contributed by atoms with Gasteiger partial charge in [0.1, 0.15) is 5.84 Å². The van der Waals surface area contributed by atoms with E-state index >= 15 is 0 Å². The maximum atomic E-state index is 8.92. The van der Waals surface area contributed by atoms with Crippen LogP contribution < -0.4 is 11.1 Å². The number of hydrogen-bond acceptors (Lipinski definition) is 4. The van der Waals surface area contributed by atoms with Crippen LogP contribution in [0.15, 0.2) is 5.16 Å². The van der Waals surface area contributed by atoms with Gasteiger partial charge in [0.15, 0.2) is 0 Å². The molecule has 5 N–H and O–H groups in total. The number of hydrogen-bond donors (Lipinski definition) is 4. The fourth-order valence-corrected chi connectivity index (χ4v) is 0.749. The number of aliphatic hydroxyl groups excluding tert-OH is 1. The zero-order valence-electron chi connectivity index (χ0n) is 8.25. The first-order chi connectivity index (χ1) is 6.02. The van der Waals surface area contributed by atoms with Crippen molar-refractivity contribution < 1.29 is 10.3 Å². The summed E-state index contributed by atoms with van der Waals surface area (Å²) in [7, 11) is 0. The van der Waals surface area contributed by atoms with Crippen molar-refractivity contribution in [1.82, 2.24) is 5.32 Å². The average Bonchev–Trinajstić information content (AvgIpc) is 2.12. The third-order valence-electron chi connectivity index (χ3n) is 1.72. The monoisotopic (exact) mass is 189 g/mol. The summed E-state index contributed by atoms with van der Waals surface area (Å²) in [5.74, 6) is 0.217. The second-order valence-electron chi connectivity index (χ2n) is 3.84. The van der Waals surface area contributed by atoms with E-state index in [4.69, 9.17) is 16.0 Å². The molecule has 0 saturated heterocycles. The van der Waals surface area contributed by atoms with Gasteiger partial charge < -0.3 is 21.4 Å². The van der Waals surface area contributed by atoms with Gasteiger partial charge in [-0.05, 0) is 0 Å². The lowest BCUT2D eigenvalue weighted by atomic mass is 9.95. The van der Waals surface area contributed by atoms with Crippen LogP contribution >= 0.6 is 0 Å². The smallest absolute Gasteiger partial charge is 0.140 e. The van der Waals surface area contributed by atoms with Gasteiger partial charge >= 0.3 is 0 Å². The molecule has 0 aromatic rings. The van der Waals surface area contributed by atoms with Crippen LogP contribution in [0.3, 0.4) is 0 Å². The molecule has 0 aromatic heterocycles. The van der Waals surface area contributed by atoms with Crippen LogP contribution in [0, 0.1) is 5.41 Å². The molecule has 0 spiro atoms.